The first-order chi connectivity index (χ1) is 10.0. The van der Waals surface area contributed by atoms with Gasteiger partial charge in [0.15, 0.2) is 0 Å². The SMILES string of the molecule is CC1CN(C(=O)Nc2cnn3ccccc23)CC1(C)CO. The van der Waals surface area contributed by atoms with Gasteiger partial charge in [-0.05, 0) is 18.1 Å². The van der Waals surface area contributed by atoms with Crippen molar-refractivity contribution in [1.29, 1.82) is 0 Å². The lowest BCUT2D eigenvalue weighted by atomic mass is 9.82. The van der Waals surface area contributed by atoms with E-state index in [0.717, 1.165) is 5.52 Å². The molecule has 2 N–H and O–H groups in total. The average Bonchev–Trinajstić information content (AvgIpc) is 3.02. The maximum atomic E-state index is 12.4. The molecule has 2 aromatic heterocycles. The van der Waals surface area contributed by atoms with Gasteiger partial charge in [0.1, 0.15) is 0 Å². The third-order valence-corrected chi connectivity index (χ3v) is 4.55. The molecule has 0 saturated carbocycles. The summed E-state index contributed by atoms with van der Waals surface area (Å²) >= 11 is 0. The number of urea groups is 1. The first kappa shape index (κ1) is 13.9. The zero-order valence-corrected chi connectivity index (χ0v) is 12.3. The molecule has 1 aliphatic rings. The van der Waals surface area contributed by atoms with Gasteiger partial charge in [-0.25, -0.2) is 9.31 Å². The number of nitrogens with zero attached hydrogens (tertiary/aromatic N) is 3. The number of carbonyl (C=O) groups is 1. The van der Waals surface area contributed by atoms with E-state index in [9.17, 15) is 9.90 Å². The highest BCUT2D eigenvalue weighted by atomic mass is 16.3. The molecule has 2 unspecified atom stereocenters. The Labute approximate surface area is 123 Å². The van der Waals surface area contributed by atoms with Crippen LogP contribution in [0.5, 0.6) is 0 Å². The van der Waals surface area contributed by atoms with Gasteiger partial charge in [-0.2, -0.15) is 5.10 Å². The van der Waals surface area contributed by atoms with Gasteiger partial charge >= 0.3 is 6.03 Å². The number of aliphatic hydroxyl groups excluding tert-OH is 1. The monoisotopic (exact) mass is 288 g/mol. The summed E-state index contributed by atoms with van der Waals surface area (Å²) < 4.78 is 1.72. The number of carbonyl (C=O) groups excluding carboxylic acids is 1. The molecule has 1 fully saturated rings. The first-order valence-corrected chi connectivity index (χ1v) is 7.13. The zero-order chi connectivity index (χ0) is 15.0. The predicted molar refractivity (Wildman–Crippen MR) is 80.1 cm³/mol. The predicted octanol–water partition coefficient (Wildman–Crippen LogP) is 1.82. The Bertz CT molecular complexity index is 668. The minimum Gasteiger partial charge on any atom is -0.396 e. The number of pyridine rings is 1. The summed E-state index contributed by atoms with van der Waals surface area (Å²) in [5.74, 6) is 0.275. The van der Waals surface area contributed by atoms with Crippen molar-refractivity contribution in [3.05, 3.63) is 30.6 Å². The molecule has 2 amide bonds. The molecule has 3 heterocycles. The van der Waals surface area contributed by atoms with Crippen LogP contribution in [-0.4, -0.2) is 45.3 Å². The minimum atomic E-state index is -0.224. The van der Waals surface area contributed by atoms with E-state index in [4.69, 9.17) is 0 Å². The number of aromatic nitrogens is 2. The van der Waals surface area contributed by atoms with Crippen LogP contribution in [0.1, 0.15) is 13.8 Å². The summed E-state index contributed by atoms with van der Waals surface area (Å²) in [6.07, 6.45) is 3.49. The highest BCUT2D eigenvalue weighted by molar-refractivity contribution is 5.94. The van der Waals surface area contributed by atoms with Crippen molar-refractivity contribution in [2.75, 3.05) is 25.0 Å². The van der Waals surface area contributed by atoms with Crippen LogP contribution in [0.2, 0.25) is 0 Å². The normalized spacial score (nSPS) is 25.5. The first-order valence-electron chi connectivity index (χ1n) is 7.13. The molecule has 0 spiro atoms. The molecular weight excluding hydrogens is 268 g/mol. The largest absolute Gasteiger partial charge is 0.396 e. The molecule has 0 aromatic carbocycles. The van der Waals surface area contributed by atoms with Crippen LogP contribution in [0.25, 0.3) is 5.52 Å². The van der Waals surface area contributed by atoms with Gasteiger partial charge in [-0.3, -0.25) is 0 Å². The highest BCUT2D eigenvalue weighted by Crippen LogP contribution is 2.35. The van der Waals surface area contributed by atoms with E-state index in [1.54, 1.807) is 15.6 Å². The van der Waals surface area contributed by atoms with E-state index < -0.39 is 0 Å². The van der Waals surface area contributed by atoms with Crippen molar-refractivity contribution >= 4 is 17.2 Å². The van der Waals surface area contributed by atoms with E-state index in [2.05, 4.69) is 17.3 Å². The van der Waals surface area contributed by atoms with E-state index >= 15 is 0 Å². The van der Waals surface area contributed by atoms with Gasteiger partial charge in [-0.1, -0.05) is 19.9 Å². The molecule has 2 atom stereocenters. The maximum Gasteiger partial charge on any atom is 0.321 e. The fourth-order valence-electron chi connectivity index (χ4n) is 2.79. The molecule has 6 heteroatoms. The number of nitrogens with one attached hydrogen (secondary N) is 1. The van der Waals surface area contributed by atoms with Gasteiger partial charge in [0.05, 0.1) is 24.0 Å². The van der Waals surface area contributed by atoms with Crippen LogP contribution in [0, 0.1) is 11.3 Å². The molecule has 6 nitrogen and oxygen atoms in total. The molecule has 21 heavy (non-hydrogen) atoms. The maximum absolute atomic E-state index is 12.4. The Morgan fingerprint density at radius 3 is 3.10 bits per heavy atom. The molecule has 1 saturated heterocycles. The summed E-state index contributed by atoms with van der Waals surface area (Å²) in [6.45, 7) is 5.39. The minimum absolute atomic E-state index is 0.0919. The second kappa shape index (κ2) is 5.04. The van der Waals surface area contributed by atoms with Gasteiger partial charge in [0.2, 0.25) is 0 Å². The Morgan fingerprint density at radius 2 is 2.38 bits per heavy atom. The van der Waals surface area contributed by atoms with Gasteiger partial charge < -0.3 is 15.3 Å². The lowest BCUT2D eigenvalue weighted by Gasteiger charge is -2.25. The second-order valence-corrected chi connectivity index (χ2v) is 6.11. The van der Waals surface area contributed by atoms with Crippen LogP contribution >= 0.6 is 0 Å². The molecule has 0 bridgehead atoms. The third-order valence-electron chi connectivity index (χ3n) is 4.55. The fourth-order valence-corrected chi connectivity index (χ4v) is 2.79. The molecule has 1 aliphatic heterocycles. The smallest absolute Gasteiger partial charge is 0.321 e. The molecule has 0 radical (unpaired) electrons. The van der Waals surface area contributed by atoms with Gasteiger partial charge in [0.25, 0.3) is 0 Å². The van der Waals surface area contributed by atoms with E-state index in [0.29, 0.717) is 18.8 Å². The van der Waals surface area contributed by atoms with Crippen LogP contribution in [-0.2, 0) is 0 Å². The second-order valence-electron chi connectivity index (χ2n) is 6.11. The van der Waals surface area contributed by atoms with E-state index in [-0.39, 0.29) is 24.0 Å². The lowest BCUT2D eigenvalue weighted by molar-refractivity contribution is 0.119. The van der Waals surface area contributed by atoms with Crippen LogP contribution < -0.4 is 5.32 Å². The third kappa shape index (κ3) is 2.35. The Hall–Kier alpha value is -2.08. The number of aliphatic hydroxyl groups is 1. The number of fused-ring (bicyclic) bond motifs is 1. The lowest BCUT2D eigenvalue weighted by Crippen LogP contribution is -2.35. The van der Waals surface area contributed by atoms with Crippen LogP contribution in [0.15, 0.2) is 30.6 Å². The quantitative estimate of drug-likeness (QED) is 0.885. The van der Waals surface area contributed by atoms with Crippen molar-refractivity contribution in [3.8, 4) is 0 Å². The topological polar surface area (TPSA) is 69.9 Å². The summed E-state index contributed by atoms with van der Waals surface area (Å²) in [5.41, 5.74) is 1.34. The summed E-state index contributed by atoms with van der Waals surface area (Å²) in [4.78, 5) is 14.2. The summed E-state index contributed by atoms with van der Waals surface area (Å²) in [5, 5.41) is 16.6. The molecule has 2 aromatic rings. The molecule has 0 aliphatic carbocycles. The number of anilines is 1. The Morgan fingerprint density at radius 1 is 1.57 bits per heavy atom. The van der Waals surface area contributed by atoms with Gasteiger partial charge in [0, 0.05) is 24.7 Å². The van der Waals surface area contributed by atoms with Crippen molar-refractivity contribution in [1.82, 2.24) is 14.5 Å². The standard InChI is InChI=1S/C15H20N4O2/c1-11-8-18(9-15(11,2)10-20)14(21)17-12-7-16-19-6-4-3-5-13(12)19/h3-7,11,20H,8-10H2,1-2H3,(H,17,21). The summed E-state index contributed by atoms with van der Waals surface area (Å²) in [6, 6.07) is 5.57. The van der Waals surface area contributed by atoms with Crippen molar-refractivity contribution in [2.24, 2.45) is 11.3 Å². The van der Waals surface area contributed by atoms with Crippen molar-refractivity contribution in [3.63, 3.8) is 0 Å². The number of rotatable bonds is 2. The average molecular weight is 288 g/mol. The zero-order valence-electron chi connectivity index (χ0n) is 12.3. The van der Waals surface area contributed by atoms with Crippen LogP contribution in [0.4, 0.5) is 10.5 Å². The molecular formula is C15H20N4O2. The van der Waals surface area contributed by atoms with Gasteiger partial charge in [-0.15, -0.1) is 0 Å². The Kier molecular flexibility index (Phi) is 3.33. The number of amides is 2. The van der Waals surface area contributed by atoms with E-state index in [1.165, 1.54) is 0 Å². The van der Waals surface area contributed by atoms with Crippen molar-refractivity contribution in [2.45, 2.75) is 13.8 Å². The molecule has 112 valence electrons. The fraction of sp³-hybridized carbons (Fsp3) is 0.467. The van der Waals surface area contributed by atoms with Crippen molar-refractivity contribution < 1.29 is 9.90 Å². The van der Waals surface area contributed by atoms with E-state index in [1.807, 2.05) is 31.3 Å². The number of likely N-dealkylation sites (tertiary alicyclic amines) is 1. The Balaban J connectivity index is 1.76. The molecule has 3 rings (SSSR count). The number of hydrogen-bond donors (Lipinski definition) is 2. The highest BCUT2D eigenvalue weighted by Gasteiger charge is 2.41. The summed E-state index contributed by atoms with van der Waals surface area (Å²) in [7, 11) is 0. The van der Waals surface area contributed by atoms with Crippen LogP contribution in [0.3, 0.4) is 0 Å². The number of hydrogen-bond acceptors (Lipinski definition) is 3.